The van der Waals surface area contributed by atoms with Crippen molar-refractivity contribution < 1.29 is 41.0 Å². The van der Waals surface area contributed by atoms with Crippen molar-refractivity contribution in [1.82, 2.24) is 4.98 Å². The van der Waals surface area contributed by atoms with E-state index in [1.807, 2.05) is 0 Å². The van der Waals surface area contributed by atoms with E-state index in [-0.39, 0.29) is 38.8 Å². The summed E-state index contributed by atoms with van der Waals surface area (Å²) in [4.78, 5) is 15.5. The summed E-state index contributed by atoms with van der Waals surface area (Å²) < 4.78 is 81.1. The molecule has 1 aliphatic heterocycles. The smallest absolute Gasteiger partial charge is 0.478 e. The molecule has 208 valence electrons. The molecule has 5 rings (SSSR count). The third-order valence-corrected chi connectivity index (χ3v) is 7.93. The molecule has 13 heteroatoms. The van der Waals surface area contributed by atoms with Gasteiger partial charge in [-0.05, 0) is 40.8 Å². The van der Waals surface area contributed by atoms with Gasteiger partial charge in [-0.1, -0.05) is 50.6 Å². The Labute approximate surface area is 231 Å². The van der Waals surface area contributed by atoms with Crippen LogP contribution in [0.2, 0.25) is 5.02 Å². The molecule has 0 aliphatic carbocycles. The zero-order valence-electron chi connectivity index (χ0n) is 21.1. The molecule has 3 aromatic carbocycles. The van der Waals surface area contributed by atoms with Crippen molar-refractivity contribution in [2.24, 2.45) is 0 Å². The van der Waals surface area contributed by atoms with Gasteiger partial charge in [-0.3, -0.25) is 9.71 Å². The van der Waals surface area contributed by atoms with E-state index in [4.69, 9.17) is 11.6 Å². The first kappa shape index (κ1) is 27.5. The summed E-state index contributed by atoms with van der Waals surface area (Å²) in [7, 11) is -4.51. The van der Waals surface area contributed by atoms with Crippen LogP contribution in [0.4, 0.5) is 18.9 Å². The van der Waals surface area contributed by atoms with Gasteiger partial charge in [0.2, 0.25) is 0 Å². The number of hydrogen-bond acceptors (Lipinski definition) is 6. The molecule has 0 saturated carbocycles. The van der Waals surface area contributed by atoms with Crippen molar-refractivity contribution in [2.45, 2.75) is 37.4 Å². The molecule has 40 heavy (non-hydrogen) atoms. The molecule has 0 fully saturated rings. The number of aromatic carboxylic acids is 1. The van der Waals surface area contributed by atoms with E-state index in [1.54, 1.807) is 20.8 Å². The Kier molecular flexibility index (Phi) is 6.38. The van der Waals surface area contributed by atoms with Gasteiger partial charge < -0.3 is 14.6 Å². The number of carbonyl (C=O) groups is 1. The maximum Gasteiger partial charge on any atom is 0.586 e. The second kappa shape index (κ2) is 9.27. The number of fused-ring (bicyclic) bond motifs is 2. The van der Waals surface area contributed by atoms with Crippen LogP contribution in [0.25, 0.3) is 22.0 Å². The van der Waals surface area contributed by atoms with Gasteiger partial charge in [-0.25, -0.2) is 17.6 Å². The van der Waals surface area contributed by atoms with Crippen LogP contribution in [0, 0.1) is 5.82 Å². The highest BCUT2D eigenvalue weighted by Gasteiger charge is 2.46. The molecule has 0 bridgehead atoms. The van der Waals surface area contributed by atoms with Gasteiger partial charge in [-0.2, -0.15) is 0 Å². The summed E-state index contributed by atoms with van der Waals surface area (Å²) >= 11 is 6.53. The molecule has 0 amide bonds. The topological polar surface area (TPSA) is 115 Å². The Morgan fingerprint density at radius 2 is 1.82 bits per heavy atom. The van der Waals surface area contributed by atoms with E-state index in [2.05, 4.69) is 19.2 Å². The predicted molar refractivity (Wildman–Crippen MR) is 141 cm³/mol. The zero-order valence-corrected chi connectivity index (χ0v) is 22.6. The van der Waals surface area contributed by atoms with Crippen LogP contribution in [0.1, 0.15) is 36.7 Å². The fraction of sp³-hybridized carbons (Fsp3) is 0.185. The Balaban J connectivity index is 1.73. The van der Waals surface area contributed by atoms with Crippen LogP contribution < -0.4 is 14.2 Å². The molecule has 0 saturated heterocycles. The second-order valence-electron chi connectivity index (χ2n) is 9.97. The van der Waals surface area contributed by atoms with E-state index in [1.165, 1.54) is 42.6 Å². The lowest BCUT2D eigenvalue weighted by molar-refractivity contribution is -0.286. The highest BCUT2D eigenvalue weighted by atomic mass is 35.5. The minimum absolute atomic E-state index is 0.0419. The Morgan fingerprint density at radius 3 is 2.48 bits per heavy atom. The first-order valence-corrected chi connectivity index (χ1v) is 13.5. The SMILES string of the molecule is CC(C)(C)c1ccc(S(=O)(=O)Nc2cc3c(c(Cl)c2-c2ccc(C(=O)O)c4ncccc24)OC(F)(F)O3)cc1F. The maximum absolute atomic E-state index is 14.9. The van der Waals surface area contributed by atoms with Crippen LogP contribution in [-0.4, -0.2) is 30.8 Å². The minimum Gasteiger partial charge on any atom is -0.478 e. The van der Waals surface area contributed by atoms with Gasteiger partial charge >= 0.3 is 12.3 Å². The third kappa shape index (κ3) is 4.77. The standard InChI is InChI=1S/C27H20ClF3N2O6S/c1-26(2,3)17-9-6-13(11-18(17)29)40(36,37)33-19-12-20-24(39-27(30,31)38-20)22(28)21(19)14-7-8-16(25(34)35)23-15(14)5-4-10-32-23/h4-12,33H,1-3H3,(H,34,35). The Hall–Kier alpha value is -4.03. The van der Waals surface area contributed by atoms with Crippen molar-refractivity contribution >= 4 is 44.2 Å². The van der Waals surface area contributed by atoms with Gasteiger partial charge in [0.25, 0.3) is 10.0 Å². The Bertz CT molecular complexity index is 1820. The normalized spacial score (nSPS) is 14.4. The van der Waals surface area contributed by atoms with Crippen molar-refractivity contribution in [2.75, 3.05) is 4.72 Å². The van der Waals surface area contributed by atoms with Gasteiger partial charge in [0.1, 0.15) is 5.82 Å². The third-order valence-electron chi connectivity index (χ3n) is 6.21. The second-order valence-corrected chi connectivity index (χ2v) is 12.0. The average molecular weight is 593 g/mol. The number of carboxylic acids is 1. The van der Waals surface area contributed by atoms with Gasteiger partial charge in [0.15, 0.2) is 11.5 Å². The number of carboxylic acid groups (broad SMARTS) is 1. The molecule has 0 atom stereocenters. The molecule has 1 aliphatic rings. The molecule has 0 radical (unpaired) electrons. The predicted octanol–water partition coefficient (Wildman–Crippen LogP) is 6.81. The van der Waals surface area contributed by atoms with Crippen molar-refractivity contribution in [3.8, 4) is 22.6 Å². The number of ether oxygens (including phenoxy) is 2. The van der Waals surface area contributed by atoms with E-state index >= 15 is 0 Å². The lowest BCUT2D eigenvalue weighted by Gasteiger charge is -2.21. The van der Waals surface area contributed by atoms with E-state index in [9.17, 15) is 31.5 Å². The number of nitrogens with zero attached hydrogens (tertiary/aromatic N) is 1. The molecule has 0 spiro atoms. The quantitative estimate of drug-likeness (QED) is 0.261. The number of halogens is 4. The largest absolute Gasteiger partial charge is 0.586 e. The molecular formula is C27H20ClF3N2O6S. The highest BCUT2D eigenvalue weighted by Crippen LogP contribution is 2.53. The summed E-state index contributed by atoms with van der Waals surface area (Å²) in [6.45, 7) is 5.30. The van der Waals surface area contributed by atoms with Crippen LogP contribution >= 0.6 is 11.6 Å². The van der Waals surface area contributed by atoms with Gasteiger partial charge in [0.05, 0.1) is 26.7 Å². The molecule has 2 N–H and O–H groups in total. The van der Waals surface area contributed by atoms with Crippen molar-refractivity contribution in [3.05, 3.63) is 76.7 Å². The zero-order chi connectivity index (χ0) is 29.2. The molecular weight excluding hydrogens is 573 g/mol. The average Bonchev–Trinajstić information content (AvgIpc) is 3.17. The van der Waals surface area contributed by atoms with E-state index in [0.717, 1.165) is 12.1 Å². The summed E-state index contributed by atoms with van der Waals surface area (Å²) in [5.74, 6) is -3.12. The summed E-state index contributed by atoms with van der Waals surface area (Å²) in [6, 6.07) is 9.96. The van der Waals surface area contributed by atoms with Gasteiger partial charge in [-0.15, -0.1) is 8.78 Å². The number of pyridine rings is 1. The number of nitrogens with one attached hydrogen (secondary N) is 1. The van der Waals surface area contributed by atoms with Gasteiger partial charge in [0, 0.05) is 23.2 Å². The molecule has 8 nitrogen and oxygen atoms in total. The molecule has 1 aromatic heterocycles. The monoisotopic (exact) mass is 592 g/mol. The molecule has 0 unspecified atom stereocenters. The van der Waals surface area contributed by atoms with Crippen molar-refractivity contribution in [1.29, 1.82) is 0 Å². The van der Waals surface area contributed by atoms with Crippen LogP contribution in [0.15, 0.2) is 59.6 Å². The highest BCUT2D eigenvalue weighted by molar-refractivity contribution is 7.92. The lowest BCUT2D eigenvalue weighted by Crippen LogP contribution is -2.26. The number of aromatic nitrogens is 1. The minimum atomic E-state index is -4.51. The fourth-order valence-corrected chi connectivity index (χ4v) is 5.84. The number of anilines is 1. The lowest BCUT2D eigenvalue weighted by atomic mass is 9.87. The van der Waals surface area contributed by atoms with E-state index in [0.29, 0.717) is 0 Å². The number of benzene rings is 3. The fourth-order valence-electron chi connectivity index (χ4n) is 4.43. The number of rotatable bonds is 5. The number of hydrogen-bond donors (Lipinski definition) is 2. The Morgan fingerprint density at radius 1 is 1.10 bits per heavy atom. The maximum atomic E-state index is 14.9. The summed E-state index contributed by atoms with van der Waals surface area (Å²) in [5.41, 5.74) is -0.685. The van der Waals surface area contributed by atoms with Crippen LogP contribution in [0.3, 0.4) is 0 Å². The summed E-state index contributed by atoms with van der Waals surface area (Å²) in [5, 5.41) is 9.40. The molecule has 4 aromatic rings. The van der Waals surface area contributed by atoms with Crippen molar-refractivity contribution in [3.63, 3.8) is 0 Å². The number of alkyl halides is 2. The summed E-state index contributed by atoms with van der Waals surface area (Å²) in [6.07, 6.45) is -2.72. The van der Waals surface area contributed by atoms with Crippen LogP contribution in [-0.2, 0) is 15.4 Å². The molecule has 2 heterocycles. The first-order valence-electron chi connectivity index (χ1n) is 11.7. The van der Waals surface area contributed by atoms with Crippen LogP contribution in [0.5, 0.6) is 11.5 Å². The number of sulfonamides is 1. The van der Waals surface area contributed by atoms with E-state index < -0.39 is 54.9 Å². The first-order chi connectivity index (χ1) is 18.6.